The van der Waals surface area contributed by atoms with Crippen LogP contribution in [0.5, 0.6) is 0 Å². The van der Waals surface area contributed by atoms with E-state index in [0.29, 0.717) is 6.54 Å². The van der Waals surface area contributed by atoms with E-state index in [9.17, 15) is 4.79 Å². The quantitative estimate of drug-likeness (QED) is 0.744. The molecule has 0 heterocycles. The Morgan fingerprint density at radius 1 is 0.920 bits per heavy atom. The molecule has 0 bridgehead atoms. The predicted molar refractivity (Wildman–Crippen MR) is 105 cm³/mol. The molecule has 3 heteroatoms. The molecule has 25 heavy (non-hydrogen) atoms. The zero-order chi connectivity index (χ0) is 17.8. The summed E-state index contributed by atoms with van der Waals surface area (Å²) in [7, 11) is 1.98. The van der Waals surface area contributed by atoms with Crippen molar-refractivity contribution in [2.24, 2.45) is 0 Å². The third-order valence-corrected chi connectivity index (χ3v) is 4.48. The third kappa shape index (κ3) is 4.06. The number of nitrogens with one attached hydrogen (secondary N) is 1. The first-order chi connectivity index (χ1) is 12.0. The van der Waals surface area contributed by atoms with Gasteiger partial charge in [-0.1, -0.05) is 60.7 Å². The molecule has 0 aromatic heterocycles. The van der Waals surface area contributed by atoms with Gasteiger partial charge in [-0.2, -0.15) is 0 Å². The first-order valence-electron chi connectivity index (χ1n) is 8.56. The van der Waals surface area contributed by atoms with Crippen LogP contribution in [0.2, 0.25) is 0 Å². The van der Waals surface area contributed by atoms with Crippen molar-refractivity contribution in [3.63, 3.8) is 0 Å². The van der Waals surface area contributed by atoms with E-state index in [4.69, 9.17) is 0 Å². The van der Waals surface area contributed by atoms with Crippen LogP contribution in [0.25, 0.3) is 10.8 Å². The van der Waals surface area contributed by atoms with Crippen molar-refractivity contribution in [1.29, 1.82) is 0 Å². The third-order valence-electron chi connectivity index (χ3n) is 4.48. The van der Waals surface area contributed by atoms with Crippen LogP contribution in [-0.4, -0.2) is 24.4 Å². The van der Waals surface area contributed by atoms with Crippen LogP contribution < -0.4 is 5.32 Å². The lowest BCUT2D eigenvalue weighted by molar-refractivity contribution is -0.117. The fourth-order valence-electron chi connectivity index (χ4n) is 3.21. The van der Waals surface area contributed by atoms with Gasteiger partial charge in [0.15, 0.2) is 0 Å². The second kappa shape index (κ2) is 7.49. The van der Waals surface area contributed by atoms with E-state index in [0.717, 1.165) is 23.4 Å². The van der Waals surface area contributed by atoms with Crippen LogP contribution in [0, 0.1) is 13.8 Å². The summed E-state index contributed by atoms with van der Waals surface area (Å²) in [5.74, 6) is 0.0140. The molecule has 0 spiro atoms. The number of anilines is 1. The van der Waals surface area contributed by atoms with Crippen molar-refractivity contribution in [2.45, 2.75) is 20.4 Å². The van der Waals surface area contributed by atoms with E-state index in [2.05, 4.69) is 41.7 Å². The highest BCUT2D eigenvalue weighted by atomic mass is 16.2. The van der Waals surface area contributed by atoms with Crippen molar-refractivity contribution in [3.05, 3.63) is 77.4 Å². The Morgan fingerprint density at radius 2 is 1.56 bits per heavy atom. The van der Waals surface area contributed by atoms with Crippen molar-refractivity contribution in [1.82, 2.24) is 4.90 Å². The molecule has 128 valence electrons. The molecule has 0 aliphatic heterocycles. The Hall–Kier alpha value is -2.65. The number of nitrogens with zero attached hydrogens (tertiary/aromatic N) is 1. The standard InChI is InChI=1S/C22H24N2O/c1-16-8-6-9-17(2)22(16)23-21(25)15-24(3)14-19-12-7-11-18-10-4-5-13-20(18)19/h4-13H,14-15H2,1-3H3,(H,23,25). The first kappa shape index (κ1) is 17.2. The summed E-state index contributed by atoms with van der Waals surface area (Å²) in [5.41, 5.74) is 4.33. The molecule has 1 N–H and O–H groups in total. The number of amides is 1. The normalized spacial score (nSPS) is 11.0. The fraction of sp³-hybridized carbons (Fsp3) is 0.227. The molecule has 3 aromatic rings. The van der Waals surface area contributed by atoms with E-state index < -0.39 is 0 Å². The van der Waals surface area contributed by atoms with E-state index in [1.165, 1.54) is 16.3 Å². The van der Waals surface area contributed by atoms with Gasteiger partial charge in [-0.3, -0.25) is 9.69 Å². The summed E-state index contributed by atoms with van der Waals surface area (Å²) in [6, 6.07) is 20.7. The molecular weight excluding hydrogens is 308 g/mol. The summed E-state index contributed by atoms with van der Waals surface area (Å²) < 4.78 is 0. The monoisotopic (exact) mass is 332 g/mol. The minimum Gasteiger partial charge on any atom is -0.324 e. The Bertz CT molecular complexity index is 876. The molecule has 0 radical (unpaired) electrons. The summed E-state index contributed by atoms with van der Waals surface area (Å²) in [4.78, 5) is 14.5. The van der Waals surface area contributed by atoms with Gasteiger partial charge in [0.25, 0.3) is 0 Å². The number of hydrogen-bond acceptors (Lipinski definition) is 2. The van der Waals surface area contributed by atoms with Crippen molar-refractivity contribution < 1.29 is 4.79 Å². The number of fused-ring (bicyclic) bond motifs is 1. The Kier molecular flexibility index (Phi) is 5.15. The van der Waals surface area contributed by atoms with Crippen LogP contribution >= 0.6 is 0 Å². The molecule has 0 unspecified atom stereocenters. The molecule has 3 aromatic carbocycles. The molecule has 0 aliphatic carbocycles. The highest BCUT2D eigenvalue weighted by molar-refractivity contribution is 5.93. The first-order valence-corrected chi connectivity index (χ1v) is 8.56. The van der Waals surface area contributed by atoms with Gasteiger partial charge in [-0.25, -0.2) is 0 Å². The number of carbonyl (C=O) groups excluding carboxylic acids is 1. The van der Waals surface area contributed by atoms with Gasteiger partial charge in [-0.15, -0.1) is 0 Å². The average Bonchev–Trinajstić information content (AvgIpc) is 2.58. The number of para-hydroxylation sites is 1. The van der Waals surface area contributed by atoms with E-state index >= 15 is 0 Å². The number of benzene rings is 3. The van der Waals surface area contributed by atoms with Gasteiger partial charge in [0.1, 0.15) is 0 Å². The smallest absolute Gasteiger partial charge is 0.238 e. The fourth-order valence-corrected chi connectivity index (χ4v) is 3.21. The van der Waals surface area contributed by atoms with Crippen LogP contribution in [0.4, 0.5) is 5.69 Å². The molecule has 0 fully saturated rings. The topological polar surface area (TPSA) is 32.3 Å². The molecule has 1 amide bonds. The molecule has 0 saturated heterocycles. The van der Waals surface area contributed by atoms with Gasteiger partial charge in [0.05, 0.1) is 6.54 Å². The molecular formula is C22H24N2O. The summed E-state index contributed by atoms with van der Waals surface area (Å²) in [6.07, 6.45) is 0. The SMILES string of the molecule is Cc1cccc(C)c1NC(=O)CN(C)Cc1cccc2ccccc12. The zero-order valence-electron chi connectivity index (χ0n) is 15.0. The molecule has 3 rings (SSSR count). The summed E-state index contributed by atoms with van der Waals surface area (Å²) >= 11 is 0. The van der Waals surface area contributed by atoms with Crippen molar-refractivity contribution in [3.8, 4) is 0 Å². The largest absolute Gasteiger partial charge is 0.324 e. The van der Waals surface area contributed by atoms with E-state index in [1.807, 2.05) is 50.1 Å². The average molecular weight is 332 g/mol. The predicted octanol–water partition coefficient (Wildman–Crippen LogP) is 4.53. The maximum absolute atomic E-state index is 12.4. The molecule has 0 saturated carbocycles. The second-order valence-corrected chi connectivity index (χ2v) is 6.63. The minimum atomic E-state index is 0.0140. The minimum absolute atomic E-state index is 0.0140. The second-order valence-electron chi connectivity index (χ2n) is 6.63. The van der Waals surface area contributed by atoms with E-state index in [1.54, 1.807) is 0 Å². The number of aryl methyl sites for hydroxylation is 2. The lowest BCUT2D eigenvalue weighted by Gasteiger charge is -2.19. The van der Waals surface area contributed by atoms with Gasteiger partial charge >= 0.3 is 0 Å². The van der Waals surface area contributed by atoms with Crippen molar-refractivity contribution >= 4 is 22.4 Å². The summed E-state index contributed by atoms with van der Waals surface area (Å²) in [5, 5.41) is 5.52. The van der Waals surface area contributed by atoms with Crippen LogP contribution in [-0.2, 0) is 11.3 Å². The lowest BCUT2D eigenvalue weighted by Crippen LogP contribution is -2.30. The van der Waals surface area contributed by atoms with Gasteiger partial charge in [-0.05, 0) is 48.4 Å². The van der Waals surface area contributed by atoms with Gasteiger partial charge in [0, 0.05) is 12.2 Å². The molecule has 0 atom stereocenters. The Balaban J connectivity index is 1.68. The van der Waals surface area contributed by atoms with E-state index in [-0.39, 0.29) is 5.91 Å². The van der Waals surface area contributed by atoms with Crippen LogP contribution in [0.15, 0.2) is 60.7 Å². The van der Waals surface area contributed by atoms with Gasteiger partial charge < -0.3 is 5.32 Å². The maximum atomic E-state index is 12.4. The Labute approximate surface area is 149 Å². The number of carbonyl (C=O) groups is 1. The van der Waals surface area contributed by atoms with Gasteiger partial charge in [0.2, 0.25) is 5.91 Å². The number of hydrogen-bond donors (Lipinski definition) is 1. The van der Waals surface area contributed by atoms with Crippen LogP contribution in [0.1, 0.15) is 16.7 Å². The Morgan fingerprint density at radius 3 is 2.32 bits per heavy atom. The van der Waals surface area contributed by atoms with Crippen LogP contribution in [0.3, 0.4) is 0 Å². The lowest BCUT2D eigenvalue weighted by atomic mass is 10.0. The zero-order valence-corrected chi connectivity index (χ0v) is 15.0. The maximum Gasteiger partial charge on any atom is 0.238 e. The molecule has 0 aliphatic rings. The number of likely N-dealkylation sites (N-methyl/N-ethyl adjacent to an activating group) is 1. The van der Waals surface area contributed by atoms with Crippen molar-refractivity contribution in [2.75, 3.05) is 18.9 Å². The number of rotatable bonds is 5. The summed E-state index contributed by atoms with van der Waals surface area (Å²) in [6.45, 7) is 5.13. The highest BCUT2D eigenvalue weighted by Crippen LogP contribution is 2.21. The highest BCUT2D eigenvalue weighted by Gasteiger charge is 2.11. The molecule has 3 nitrogen and oxygen atoms in total.